The molecule has 0 amide bonds. The number of nitriles is 1. The van der Waals surface area contributed by atoms with Crippen LogP contribution in [-0.2, 0) is 17.8 Å². The molecule has 1 aliphatic rings. The maximum atomic E-state index is 13.5. The molecule has 0 unspecified atom stereocenters. The molecule has 40 heavy (non-hydrogen) atoms. The molecule has 12 heteroatoms. The van der Waals surface area contributed by atoms with Crippen molar-refractivity contribution in [1.82, 2.24) is 14.9 Å². The van der Waals surface area contributed by atoms with Gasteiger partial charge in [-0.15, -0.1) is 0 Å². The Kier molecular flexibility index (Phi) is 11.1. The lowest BCUT2D eigenvalue weighted by Gasteiger charge is -2.19. The van der Waals surface area contributed by atoms with Crippen LogP contribution in [0.3, 0.4) is 0 Å². The number of Topliss-reactive ketones (excluding diaryl/α,β-unsaturated/α-hetero) is 1. The molecule has 2 aromatic rings. The van der Waals surface area contributed by atoms with Crippen molar-refractivity contribution >= 4 is 17.6 Å². The van der Waals surface area contributed by atoms with Gasteiger partial charge >= 0.3 is 5.97 Å². The first-order chi connectivity index (χ1) is 19.3. The van der Waals surface area contributed by atoms with Gasteiger partial charge in [-0.25, -0.2) is 14.8 Å². The second-order valence-corrected chi connectivity index (χ2v) is 8.98. The molecule has 0 atom stereocenters. The van der Waals surface area contributed by atoms with Gasteiger partial charge in [0, 0.05) is 12.0 Å². The number of hydrogen-bond donors (Lipinski definition) is 2. The van der Waals surface area contributed by atoms with Crippen LogP contribution in [0.15, 0.2) is 12.1 Å². The summed E-state index contributed by atoms with van der Waals surface area (Å²) in [6, 6.07) is 5.28. The Hall–Kier alpha value is -4.40. The van der Waals surface area contributed by atoms with Crippen molar-refractivity contribution in [3.05, 3.63) is 34.6 Å². The SMILES string of the molecule is CCCCc1cc(C(=O)CN2Cc3nc(OCC)c(OCC)nc3C2=N)cc(OCCCC#N)c1OCC(=O)O. The second-order valence-electron chi connectivity index (χ2n) is 8.98. The van der Waals surface area contributed by atoms with Gasteiger partial charge in [-0.3, -0.25) is 10.2 Å². The summed E-state index contributed by atoms with van der Waals surface area (Å²) in [7, 11) is 0. The van der Waals surface area contributed by atoms with Crippen LogP contribution in [0.25, 0.3) is 0 Å². The van der Waals surface area contributed by atoms with Crippen LogP contribution in [0.2, 0.25) is 0 Å². The highest BCUT2D eigenvalue weighted by Gasteiger charge is 2.32. The van der Waals surface area contributed by atoms with Crippen LogP contribution < -0.4 is 18.9 Å². The minimum Gasteiger partial charge on any atom is -0.490 e. The molecule has 1 aromatic heterocycles. The van der Waals surface area contributed by atoms with Crippen molar-refractivity contribution < 1.29 is 33.6 Å². The molecule has 1 aromatic carbocycles. The lowest BCUT2D eigenvalue weighted by molar-refractivity contribution is -0.139. The van der Waals surface area contributed by atoms with Crippen LogP contribution in [0.4, 0.5) is 0 Å². The number of carboxylic acid groups (broad SMARTS) is 1. The van der Waals surface area contributed by atoms with E-state index in [-0.39, 0.29) is 54.6 Å². The van der Waals surface area contributed by atoms with E-state index in [1.165, 1.54) is 6.07 Å². The molecule has 0 fully saturated rings. The number of fused-ring (bicyclic) bond motifs is 1. The van der Waals surface area contributed by atoms with Gasteiger partial charge < -0.3 is 29.0 Å². The Morgan fingerprint density at radius 3 is 2.45 bits per heavy atom. The summed E-state index contributed by atoms with van der Waals surface area (Å²) in [5.41, 5.74) is 1.86. The number of carbonyl (C=O) groups excluding carboxylic acids is 1. The minimum absolute atomic E-state index is 0.0560. The van der Waals surface area contributed by atoms with E-state index < -0.39 is 12.6 Å². The largest absolute Gasteiger partial charge is 0.490 e. The number of rotatable bonds is 17. The predicted octanol–water partition coefficient (Wildman–Crippen LogP) is 3.79. The van der Waals surface area contributed by atoms with Gasteiger partial charge in [0.15, 0.2) is 23.9 Å². The summed E-state index contributed by atoms with van der Waals surface area (Å²) in [5.74, 6) is -0.353. The van der Waals surface area contributed by atoms with Crippen LogP contribution in [0.1, 0.15) is 73.8 Å². The number of unbranched alkanes of at least 4 members (excludes halogenated alkanes) is 2. The second kappa shape index (κ2) is 14.7. The summed E-state index contributed by atoms with van der Waals surface area (Å²) in [4.78, 5) is 35.2. The molecule has 0 bridgehead atoms. The number of nitrogens with zero attached hydrogens (tertiary/aromatic N) is 4. The predicted molar refractivity (Wildman–Crippen MR) is 144 cm³/mol. The number of carbonyl (C=O) groups is 2. The van der Waals surface area contributed by atoms with Crippen molar-refractivity contribution in [3.8, 4) is 29.3 Å². The molecule has 0 aliphatic carbocycles. The van der Waals surface area contributed by atoms with E-state index in [9.17, 15) is 9.59 Å². The normalized spacial score (nSPS) is 12.1. The van der Waals surface area contributed by atoms with Crippen molar-refractivity contribution in [2.24, 2.45) is 0 Å². The fourth-order valence-electron chi connectivity index (χ4n) is 4.12. The lowest BCUT2D eigenvalue weighted by Crippen LogP contribution is -2.30. The zero-order valence-electron chi connectivity index (χ0n) is 23.1. The number of aryl methyl sites for hydroxylation is 1. The van der Waals surface area contributed by atoms with Gasteiger partial charge in [-0.05, 0) is 50.8 Å². The van der Waals surface area contributed by atoms with Gasteiger partial charge in [0.05, 0.1) is 44.7 Å². The minimum atomic E-state index is -1.13. The third-order valence-electron chi connectivity index (χ3n) is 5.97. The highest BCUT2D eigenvalue weighted by Crippen LogP contribution is 2.35. The fourth-order valence-corrected chi connectivity index (χ4v) is 4.12. The molecule has 2 heterocycles. The summed E-state index contributed by atoms with van der Waals surface area (Å²) in [5, 5.41) is 26.6. The Labute approximate surface area is 233 Å². The maximum Gasteiger partial charge on any atom is 0.341 e. The number of ketones is 1. The molecule has 2 N–H and O–H groups in total. The van der Waals surface area contributed by atoms with E-state index in [1.54, 1.807) is 11.0 Å². The molecule has 214 valence electrons. The number of benzene rings is 1. The topological polar surface area (TPSA) is 168 Å². The van der Waals surface area contributed by atoms with E-state index in [1.807, 2.05) is 20.8 Å². The Balaban J connectivity index is 1.89. The number of amidine groups is 1. The number of ether oxygens (including phenoxy) is 4. The average molecular weight is 554 g/mol. The molecule has 1 aliphatic heterocycles. The molecular formula is C28H35N5O7. The molecule has 12 nitrogen and oxygen atoms in total. The molecule has 0 spiro atoms. The van der Waals surface area contributed by atoms with Crippen LogP contribution >= 0.6 is 0 Å². The van der Waals surface area contributed by atoms with Crippen molar-refractivity contribution in [3.63, 3.8) is 0 Å². The smallest absolute Gasteiger partial charge is 0.341 e. The standard InChI is InChI=1S/C28H35N5O7/c1-4-7-10-18-13-19(14-22(39-12-9-8-11-29)25(18)40-17-23(35)36)21(34)16-33-15-20-24(26(33)30)32-28(38-6-3)27(31-20)37-5-2/h13-14,30H,4-10,12,15-17H2,1-3H3,(H,35,36). The van der Waals surface area contributed by atoms with Gasteiger partial charge in [-0.1, -0.05) is 13.3 Å². The van der Waals surface area contributed by atoms with E-state index >= 15 is 0 Å². The van der Waals surface area contributed by atoms with Crippen LogP contribution in [0, 0.1) is 16.7 Å². The maximum absolute atomic E-state index is 13.5. The van der Waals surface area contributed by atoms with E-state index in [0.717, 1.165) is 12.8 Å². The Bertz CT molecular complexity index is 1270. The molecule has 3 rings (SSSR count). The van der Waals surface area contributed by atoms with Crippen molar-refractivity contribution in [2.45, 2.75) is 59.4 Å². The summed E-state index contributed by atoms with van der Waals surface area (Å²) in [6.45, 7) is 6.14. The Morgan fingerprint density at radius 1 is 1.07 bits per heavy atom. The zero-order valence-corrected chi connectivity index (χ0v) is 23.1. The highest BCUT2D eigenvalue weighted by atomic mass is 16.5. The number of aromatic nitrogens is 2. The monoisotopic (exact) mass is 553 g/mol. The third kappa shape index (κ3) is 7.59. The van der Waals surface area contributed by atoms with Gasteiger partial charge in [0.25, 0.3) is 11.8 Å². The first-order valence-corrected chi connectivity index (χ1v) is 13.4. The molecule has 0 saturated heterocycles. The highest BCUT2D eigenvalue weighted by molar-refractivity contribution is 6.04. The summed E-state index contributed by atoms with van der Waals surface area (Å²) in [6.07, 6.45) is 2.99. The first-order valence-electron chi connectivity index (χ1n) is 13.4. The van der Waals surface area contributed by atoms with Crippen molar-refractivity contribution in [1.29, 1.82) is 10.7 Å². The number of aliphatic carboxylic acids is 1. The third-order valence-corrected chi connectivity index (χ3v) is 5.97. The van der Waals surface area contributed by atoms with E-state index in [4.69, 9.17) is 34.7 Å². The number of hydrogen-bond acceptors (Lipinski definition) is 10. The van der Waals surface area contributed by atoms with Crippen LogP contribution in [0.5, 0.6) is 23.3 Å². The number of carboxylic acids is 1. The van der Waals surface area contributed by atoms with E-state index in [2.05, 4.69) is 16.0 Å². The molecular weight excluding hydrogens is 518 g/mol. The first kappa shape index (κ1) is 30.1. The summed E-state index contributed by atoms with van der Waals surface area (Å²) < 4.78 is 22.6. The van der Waals surface area contributed by atoms with Crippen molar-refractivity contribution in [2.75, 3.05) is 33.0 Å². The van der Waals surface area contributed by atoms with E-state index in [0.29, 0.717) is 55.0 Å². The Morgan fingerprint density at radius 2 is 1.80 bits per heavy atom. The zero-order chi connectivity index (χ0) is 29.1. The van der Waals surface area contributed by atoms with Crippen LogP contribution in [-0.4, -0.2) is 70.5 Å². The van der Waals surface area contributed by atoms with Gasteiger partial charge in [0.1, 0.15) is 11.5 Å². The lowest BCUT2D eigenvalue weighted by atomic mass is 10.0. The quantitative estimate of drug-likeness (QED) is 0.216. The summed E-state index contributed by atoms with van der Waals surface area (Å²) >= 11 is 0. The number of nitrogens with one attached hydrogen (secondary N) is 1. The average Bonchev–Trinajstić information content (AvgIpc) is 3.22. The molecule has 0 saturated carbocycles. The molecule has 0 radical (unpaired) electrons. The van der Waals surface area contributed by atoms with Gasteiger partial charge in [-0.2, -0.15) is 5.26 Å². The fraction of sp³-hybridized carbons (Fsp3) is 0.500. The van der Waals surface area contributed by atoms with Gasteiger partial charge in [0.2, 0.25) is 0 Å².